The Kier molecular flexibility index (Phi) is 3.75. The molecule has 5 N–H and O–H groups in total. The molecule has 0 aromatic heterocycles. The molecule has 0 unspecified atom stereocenters. The van der Waals surface area contributed by atoms with Crippen LogP contribution in [0.1, 0.15) is 20.7 Å². The number of amides is 1. The van der Waals surface area contributed by atoms with Gasteiger partial charge in [0.25, 0.3) is 5.91 Å². The zero-order valence-corrected chi connectivity index (χ0v) is 10.6. The van der Waals surface area contributed by atoms with E-state index in [1.807, 2.05) is 0 Å². The van der Waals surface area contributed by atoms with E-state index in [2.05, 4.69) is 5.32 Å². The van der Waals surface area contributed by atoms with Crippen molar-refractivity contribution in [1.82, 2.24) is 0 Å². The number of hydrogen-bond donors (Lipinski definition) is 4. The number of carboxylic acid groups (broad SMARTS) is 1. The average Bonchev–Trinajstić information content (AvgIpc) is 2.43. The maximum atomic E-state index is 13.1. The molecule has 2 aromatic rings. The summed E-state index contributed by atoms with van der Waals surface area (Å²) in [6.45, 7) is 0. The van der Waals surface area contributed by atoms with Gasteiger partial charge in [0, 0.05) is 11.4 Å². The highest BCUT2D eigenvalue weighted by molar-refractivity contribution is 6.08. The maximum absolute atomic E-state index is 13.1. The monoisotopic (exact) mass is 290 g/mol. The van der Waals surface area contributed by atoms with Crippen LogP contribution < -0.4 is 11.1 Å². The van der Waals surface area contributed by atoms with Gasteiger partial charge in [-0.2, -0.15) is 0 Å². The molecular weight excluding hydrogens is 279 g/mol. The number of carbonyl (C=O) groups is 2. The summed E-state index contributed by atoms with van der Waals surface area (Å²) < 4.78 is 13.1. The number of anilines is 2. The number of carbonyl (C=O) groups excluding carboxylic acids is 1. The Morgan fingerprint density at radius 3 is 2.48 bits per heavy atom. The molecule has 2 rings (SSSR count). The summed E-state index contributed by atoms with van der Waals surface area (Å²) in [7, 11) is 0. The smallest absolute Gasteiger partial charge is 0.339 e. The molecule has 0 aliphatic carbocycles. The second-order valence-electron chi connectivity index (χ2n) is 4.22. The van der Waals surface area contributed by atoms with Crippen LogP contribution in [0, 0.1) is 5.82 Å². The van der Waals surface area contributed by atoms with Crippen LogP contribution in [0.25, 0.3) is 0 Å². The number of nitrogen functional groups attached to an aromatic ring is 1. The van der Waals surface area contributed by atoms with Crippen molar-refractivity contribution in [3.05, 3.63) is 53.3 Å². The summed E-state index contributed by atoms with van der Waals surface area (Å²) in [6, 6.07) is 6.89. The molecule has 0 bridgehead atoms. The van der Waals surface area contributed by atoms with Crippen LogP contribution in [0.2, 0.25) is 0 Å². The number of nitrogens with two attached hydrogens (primary N) is 1. The number of phenols is 1. The lowest BCUT2D eigenvalue weighted by Gasteiger charge is -2.09. The van der Waals surface area contributed by atoms with E-state index in [1.165, 1.54) is 12.1 Å². The van der Waals surface area contributed by atoms with Gasteiger partial charge in [0.1, 0.15) is 17.1 Å². The third kappa shape index (κ3) is 3.08. The molecule has 0 spiro atoms. The van der Waals surface area contributed by atoms with Gasteiger partial charge in [0.2, 0.25) is 0 Å². The predicted molar refractivity (Wildman–Crippen MR) is 73.8 cm³/mol. The molecule has 2 aromatic carbocycles. The van der Waals surface area contributed by atoms with Crippen molar-refractivity contribution < 1.29 is 24.2 Å². The highest BCUT2D eigenvalue weighted by Crippen LogP contribution is 2.22. The molecule has 0 saturated carbocycles. The minimum absolute atomic E-state index is 0.0695. The molecule has 0 atom stereocenters. The van der Waals surface area contributed by atoms with E-state index >= 15 is 0 Å². The predicted octanol–water partition coefficient (Wildman–Crippen LogP) is 2.06. The van der Waals surface area contributed by atoms with Crippen molar-refractivity contribution in [2.75, 3.05) is 11.1 Å². The lowest BCUT2D eigenvalue weighted by atomic mass is 10.1. The Hall–Kier alpha value is -3.09. The van der Waals surface area contributed by atoms with Crippen molar-refractivity contribution in [2.45, 2.75) is 0 Å². The normalized spacial score (nSPS) is 10.1. The average molecular weight is 290 g/mol. The zero-order valence-electron chi connectivity index (χ0n) is 10.6. The Morgan fingerprint density at radius 1 is 1.10 bits per heavy atom. The Bertz CT molecular complexity index is 731. The quantitative estimate of drug-likeness (QED) is 0.510. The summed E-state index contributed by atoms with van der Waals surface area (Å²) in [4.78, 5) is 22.9. The Labute approximate surface area is 118 Å². The summed E-state index contributed by atoms with van der Waals surface area (Å²) in [6.07, 6.45) is 0. The number of nitrogens with one attached hydrogen (secondary N) is 1. The highest BCUT2D eigenvalue weighted by Gasteiger charge is 2.14. The summed E-state index contributed by atoms with van der Waals surface area (Å²) in [5.74, 6) is -3.07. The fraction of sp³-hybridized carbons (Fsp3) is 0. The van der Waals surface area contributed by atoms with Gasteiger partial charge in [-0.3, -0.25) is 4.79 Å². The number of halogens is 1. The van der Waals surface area contributed by atoms with Crippen LogP contribution in [-0.4, -0.2) is 22.1 Å². The van der Waals surface area contributed by atoms with Crippen molar-refractivity contribution in [2.24, 2.45) is 0 Å². The maximum Gasteiger partial charge on any atom is 0.339 e. The first-order valence-corrected chi connectivity index (χ1v) is 5.81. The molecule has 21 heavy (non-hydrogen) atoms. The molecule has 0 radical (unpaired) electrons. The first-order valence-electron chi connectivity index (χ1n) is 5.81. The highest BCUT2D eigenvalue weighted by atomic mass is 19.1. The summed E-state index contributed by atoms with van der Waals surface area (Å²) >= 11 is 0. The first-order chi connectivity index (χ1) is 9.88. The molecule has 0 fully saturated rings. The third-order valence-corrected chi connectivity index (χ3v) is 2.74. The minimum Gasteiger partial charge on any atom is -0.507 e. The van der Waals surface area contributed by atoms with Gasteiger partial charge in [-0.25, -0.2) is 9.18 Å². The first kappa shape index (κ1) is 14.3. The number of benzene rings is 2. The van der Waals surface area contributed by atoms with Crippen molar-refractivity contribution in [3.63, 3.8) is 0 Å². The second kappa shape index (κ2) is 5.49. The largest absolute Gasteiger partial charge is 0.507 e. The van der Waals surface area contributed by atoms with Gasteiger partial charge in [-0.1, -0.05) is 0 Å². The lowest BCUT2D eigenvalue weighted by Crippen LogP contribution is -2.14. The molecule has 0 aliphatic heterocycles. The van der Waals surface area contributed by atoms with Crippen LogP contribution in [-0.2, 0) is 0 Å². The zero-order chi connectivity index (χ0) is 15.6. The van der Waals surface area contributed by atoms with E-state index in [-0.39, 0.29) is 22.5 Å². The van der Waals surface area contributed by atoms with Crippen molar-refractivity contribution >= 4 is 23.3 Å². The second-order valence-corrected chi connectivity index (χ2v) is 4.22. The van der Waals surface area contributed by atoms with E-state index in [0.29, 0.717) is 0 Å². The van der Waals surface area contributed by atoms with E-state index < -0.39 is 23.4 Å². The van der Waals surface area contributed by atoms with Crippen LogP contribution in [0.3, 0.4) is 0 Å². The molecule has 108 valence electrons. The molecule has 6 nitrogen and oxygen atoms in total. The molecule has 1 amide bonds. The standard InChI is InChI=1S/C14H11FN2O4/c15-7-1-3-11(16)9(5-7)13(19)17-8-2-4-12(18)10(6-8)14(20)21/h1-6,18H,16H2,(H,17,19)(H,20,21). The van der Waals surface area contributed by atoms with E-state index in [4.69, 9.17) is 10.8 Å². The Morgan fingerprint density at radius 2 is 1.81 bits per heavy atom. The number of hydrogen-bond acceptors (Lipinski definition) is 4. The number of aromatic hydroxyl groups is 1. The molecular formula is C14H11FN2O4. The van der Waals surface area contributed by atoms with E-state index in [9.17, 15) is 19.1 Å². The van der Waals surface area contributed by atoms with Gasteiger partial charge in [0.15, 0.2) is 0 Å². The topological polar surface area (TPSA) is 113 Å². The van der Waals surface area contributed by atoms with Crippen molar-refractivity contribution in [3.8, 4) is 5.75 Å². The third-order valence-electron chi connectivity index (χ3n) is 2.74. The van der Waals surface area contributed by atoms with Crippen LogP contribution in [0.5, 0.6) is 5.75 Å². The fourth-order valence-electron chi connectivity index (χ4n) is 1.71. The van der Waals surface area contributed by atoms with E-state index in [1.54, 1.807) is 0 Å². The van der Waals surface area contributed by atoms with E-state index in [0.717, 1.165) is 24.3 Å². The number of carboxylic acids is 1. The van der Waals surface area contributed by atoms with Gasteiger partial charge in [-0.15, -0.1) is 0 Å². The SMILES string of the molecule is Nc1ccc(F)cc1C(=O)Nc1ccc(O)c(C(=O)O)c1. The van der Waals surface area contributed by atoms with Crippen LogP contribution in [0.15, 0.2) is 36.4 Å². The van der Waals surface area contributed by atoms with Crippen LogP contribution >= 0.6 is 0 Å². The number of aromatic carboxylic acids is 1. The van der Waals surface area contributed by atoms with Crippen LogP contribution in [0.4, 0.5) is 15.8 Å². The molecule has 7 heteroatoms. The van der Waals surface area contributed by atoms with Crippen molar-refractivity contribution in [1.29, 1.82) is 0 Å². The molecule has 0 saturated heterocycles. The summed E-state index contributed by atoms with van der Waals surface area (Å²) in [5, 5.41) is 20.6. The summed E-state index contributed by atoms with van der Waals surface area (Å²) in [5.41, 5.74) is 5.38. The minimum atomic E-state index is -1.34. The van der Waals surface area contributed by atoms with Gasteiger partial charge < -0.3 is 21.3 Å². The number of rotatable bonds is 3. The van der Waals surface area contributed by atoms with Gasteiger partial charge in [-0.05, 0) is 36.4 Å². The Balaban J connectivity index is 2.29. The lowest BCUT2D eigenvalue weighted by molar-refractivity contribution is 0.0693. The van der Waals surface area contributed by atoms with Gasteiger partial charge in [0.05, 0.1) is 5.56 Å². The molecule has 0 heterocycles. The molecule has 0 aliphatic rings. The fourth-order valence-corrected chi connectivity index (χ4v) is 1.71. The van der Waals surface area contributed by atoms with Gasteiger partial charge >= 0.3 is 5.97 Å².